The number of methoxy groups -OCH3 is 3. The number of hydrogen-bond donors (Lipinski definition) is 0. The van der Waals surface area contributed by atoms with Crippen LogP contribution in [0.5, 0.6) is 23.0 Å². The average molecular weight is 371 g/mol. The Morgan fingerprint density at radius 3 is 2.15 bits per heavy atom. The van der Waals surface area contributed by atoms with Crippen LogP contribution in [-0.4, -0.2) is 44.8 Å². The number of ether oxygens (including phenoxy) is 4. The molecule has 0 radical (unpaired) electrons. The van der Waals surface area contributed by atoms with Gasteiger partial charge in [-0.15, -0.1) is 0 Å². The maximum atomic E-state index is 12.7. The molecule has 0 bridgehead atoms. The van der Waals surface area contributed by atoms with E-state index in [1.165, 1.54) is 0 Å². The molecule has 0 spiro atoms. The summed E-state index contributed by atoms with van der Waals surface area (Å²) in [6.45, 7) is 0.489. The lowest BCUT2D eigenvalue weighted by molar-refractivity contribution is -0.134. The van der Waals surface area contributed by atoms with E-state index >= 15 is 0 Å². The van der Waals surface area contributed by atoms with Crippen molar-refractivity contribution >= 4 is 5.91 Å². The molecule has 2 aromatic carbocycles. The van der Waals surface area contributed by atoms with Gasteiger partial charge in [0.2, 0.25) is 5.75 Å². The first-order valence-electron chi connectivity index (χ1n) is 8.92. The number of amides is 1. The Balaban J connectivity index is 1.73. The van der Waals surface area contributed by atoms with Gasteiger partial charge in [0, 0.05) is 12.6 Å². The van der Waals surface area contributed by atoms with Gasteiger partial charge in [0.05, 0.1) is 21.3 Å². The van der Waals surface area contributed by atoms with E-state index in [0.717, 1.165) is 18.4 Å². The molecule has 0 heterocycles. The van der Waals surface area contributed by atoms with Gasteiger partial charge < -0.3 is 23.8 Å². The van der Waals surface area contributed by atoms with Crippen LogP contribution in [0.1, 0.15) is 18.4 Å². The van der Waals surface area contributed by atoms with Gasteiger partial charge in [0.15, 0.2) is 18.1 Å². The molecule has 1 saturated carbocycles. The lowest BCUT2D eigenvalue weighted by atomic mass is 10.1. The zero-order chi connectivity index (χ0) is 19.2. The van der Waals surface area contributed by atoms with Gasteiger partial charge in [-0.1, -0.05) is 18.2 Å². The minimum atomic E-state index is -0.0323. The van der Waals surface area contributed by atoms with Crippen LogP contribution in [0.15, 0.2) is 42.5 Å². The number of carbonyl (C=O) groups excluding carboxylic acids is 1. The quantitative estimate of drug-likeness (QED) is 0.677. The molecular formula is C21H25NO5. The second kappa shape index (κ2) is 8.66. The highest BCUT2D eigenvalue weighted by Crippen LogP contribution is 2.39. The third kappa shape index (κ3) is 4.64. The summed E-state index contributed by atoms with van der Waals surface area (Å²) in [7, 11) is 4.73. The molecular weight excluding hydrogens is 346 g/mol. The summed E-state index contributed by atoms with van der Waals surface area (Å²) in [5.41, 5.74) is 0.921. The van der Waals surface area contributed by atoms with E-state index in [2.05, 4.69) is 0 Å². The minimum Gasteiger partial charge on any atom is -0.493 e. The Bertz CT molecular complexity index is 748. The number of carbonyl (C=O) groups is 1. The summed E-state index contributed by atoms with van der Waals surface area (Å²) in [4.78, 5) is 14.6. The first kappa shape index (κ1) is 18.9. The molecule has 0 unspecified atom stereocenters. The number of rotatable bonds is 9. The Kier molecular flexibility index (Phi) is 6.06. The topological polar surface area (TPSA) is 57.2 Å². The molecule has 2 aromatic rings. The van der Waals surface area contributed by atoms with Crippen molar-refractivity contribution in [2.24, 2.45) is 0 Å². The fourth-order valence-corrected chi connectivity index (χ4v) is 2.98. The highest BCUT2D eigenvalue weighted by molar-refractivity contribution is 5.78. The molecule has 1 amide bonds. The molecule has 0 atom stereocenters. The first-order valence-corrected chi connectivity index (χ1v) is 8.92. The fourth-order valence-electron chi connectivity index (χ4n) is 2.98. The van der Waals surface area contributed by atoms with Crippen molar-refractivity contribution < 1.29 is 23.7 Å². The molecule has 1 aliphatic carbocycles. The van der Waals surface area contributed by atoms with Crippen molar-refractivity contribution in [1.29, 1.82) is 0 Å². The smallest absolute Gasteiger partial charge is 0.261 e. The minimum absolute atomic E-state index is 0.0188. The van der Waals surface area contributed by atoms with Crippen molar-refractivity contribution in [2.45, 2.75) is 25.4 Å². The fraction of sp³-hybridized carbons (Fsp3) is 0.381. The highest BCUT2D eigenvalue weighted by Gasteiger charge is 2.33. The van der Waals surface area contributed by atoms with E-state index < -0.39 is 0 Å². The number of nitrogens with zero attached hydrogens (tertiary/aromatic N) is 1. The number of para-hydroxylation sites is 1. The van der Waals surface area contributed by atoms with Crippen molar-refractivity contribution in [2.75, 3.05) is 27.9 Å². The lowest BCUT2D eigenvalue weighted by Gasteiger charge is -2.23. The Hall–Kier alpha value is -2.89. The van der Waals surface area contributed by atoms with Gasteiger partial charge >= 0.3 is 0 Å². The monoisotopic (exact) mass is 371 g/mol. The molecule has 1 aliphatic rings. The van der Waals surface area contributed by atoms with Gasteiger partial charge in [0.1, 0.15) is 5.75 Å². The maximum absolute atomic E-state index is 12.7. The third-order valence-corrected chi connectivity index (χ3v) is 4.49. The summed E-state index contributed by atoms with van der Waals surface area (Å²) in [5.74, 6) is 2.36. The van der Waals surface area contributed by atoms with Crippen LogP contribution >= 0.6 is 0 Å². The predicted molar refractivity (Wildman–Crippen MR) is 102 cm³/mol. The van der Waals surface area contributed by atoms with Gasteiger partial charge in [0.25, 0.3) is 5.91 Å². The van der Waals surface area contributed by atoms with E-state index in [4.69, 9.17) is 18.9 Å². The number of hydrogen-bond acceptors (Lipinski definition) is 5. The third-order valence-electron chi connectivity index (χ3n) is 4.49. The van der Waals surface area contributed by atoms with Crippen LogP contribution in [0, 0.1) is 0 Å². The normalized spacial score (nSPS) is 13.0. The van der Waals surface area contributed by atoms with Gasteiger partial charge in [-0.3, -0.25) is 4.79 Å². The molecule has 0 aliphatic heterocycles. The molecule has 3 rings (SSSR count). The largest absolute Gasteiger partial charge is 0.493 e. The van der Waals surface area contributed by atoms with Crippen molar-refractivity contribution in [1.82, 2.24) is 4.90 Å². The SMILES string of the molecule is COc1cc(CN(C(=O)COc2ccccc2)C2CC2)cc(OC)c1OC. The molecule has 0 saturated heterocycles. The van der Waals surface area contributed by atoms with Gasteiger partial charge in [-0.05, 0) is 42.7 Å². The molecule has 144 valence electrons. The van der Waals surface area contributed by atoms with Crippen LogP contribution < -0.4 is 18.9 Å². The van der Waals surface area contributed by atoms with E-state index in [1.807, 2.05) is 47.4 Å². The first-order chi connectivity index (χ1) is 13.2. The van der Waals surface area contributed by atoms with Crippen molar-refractivity contribution in [3.63, 3.8) is 0 Å². The second-order valence-electron chi connectivity index (χ2n) is 6.39. The summed E-state index contributed by atoms with van der Waals surface area (Å²) < 4.78 is 21.8. The predicted octanol–water partition coefficient (Wildman–Crippen LogP) is 3.28. The Labute approximate surface area is 159 Å². The summed E-state index contributed by atoms with van der Waals surface area (Å²) in [5, 5.41) is 0. The summed E-state index contributed by atoms with van der Waals surface area (Å²) in [6.07, 6.45) is 2.03. The summed E-state index contributed by atoms with van der Waals surface area (Å²) in [6, 6.07) is 13.4. The highest BCUT2D eigenvalue weighted by atomic mass is 16.5. The Morgan fingerprint density at radius 2 is 1.63 bits per heavy atom. The zero-order valence-corrected chi connectivity index (χ0v) is 15.9. The molecule has 1 fully saturated rings. The van der Waals surface area contributed by atoms with Crippen LogP contribution in [-0.2, 0) is 11.3 Å². The second-order valence-corrected chi connectivity index (χ2v) is 6.39. The van der Waals surface area contributed by atoms with Crippen LogP contribution in [0.3, 0.4) is 0 Å². The molecule has 0 N–H and O–H groups in total. The van der Waals surface area contributed by atoms with Crippen LogP contribution in [0.4, 0.5) is 0 Å². The number of benzene rings is 2. The zero-order valence-electron chi connectivity index (χ0n) is 15.9. The van der Waals surface area contributed by atoms with Gasteiger partial charge in [-0.2, -0.15) is 0 Å². The maximum Gasteiger partial charge on any atom is 0.261 e. The van der Waals surface area contributed by atoms with E-state index in [9.17, 15) is 4.79 Å². The van der Waals surface area contributed by atoms with E-state index in [-0.39, 0.29) is 18.6 Å². The molecule has 0 aromatic heterocycles. The molecule has 6 nitrogen and oxygen atoms in total. The molecule has 27 heavy (non-hydrogen) atoms. The Morgan fingerprint density at radius 1 is 1.00 bits per heavy atom. The van der Waals surface area contributed by atoms with Crippen LogP contribution in [0.2, 0.25) is 0 Å². The average Bonchev–Trinajstić information content (AvgIpc) is 3.55. The van der Waals surface area contributed by atoms with Crippen LogP contribution in [0.25, 0.3) is 0 Å². The van der Waals surface area contributed by atoms with Gasteiger partial charge in [-0.25, -0.2) is 0 Å². The standard InChI is InChI=1S/C21H25NO5/c1-24-18-11-15(12-19(25-2)21(18)26-3)13-22(16-9-10-16)20(23)14-27-17-7-5-4-6-8-17/h4-8,11-12,16H,9-10,13-14H2,1-3H3. The van der Waals surface area contributed by atoms with E-state index in [0.29, 0.717) is 29.5 Å². The van der Waals surface area contributed by atoms with Crippen molar-refractivity contribution in [3.8, 4) is 23.0 Å². The molecule has 6 heteroatoms. The van der Waals surface area contributed by atoms with Crippen molar-refractivity contribution in [3.05, 3.63) is 48.0 Å². The lowest BCUT2D eigenvalue weighted by Crippen LogP contribution is -2.36. The van der Waals surface area contributed by atoms with E-state index in [1.54, 1.807) is 21.3 Å². The summed E-state index contributed by atoms with van der Waals surface area (Å²) >= 11 is 0.